The molecule has 0 radical (unpaired) electrons. The SMILES string of the molecule is O[C@H]1[C@@H](NCc2ccc3c(c2)OCO3)[C@@H]2CO[C@H](O2)[C@@H]1N1CCOCC1. The molecule has 1 aromatic carbocycles. The van der Waals surface area contributed by atoms with Crippen molar-refractivity contribution in [2.24, 2.45) is 0 Å². The maximum atomic E-state index is 11.0. The van der Waals surface area contributed by atoms with Gasteiger partial charge >= 0.3 is 0 Å². The number of nitrogens with zero attached hydrogens (tertiary/aromatic N) is 1. The van der Waals surface area contributed by atoms with Crippen LogP contribution < -0.4 is 14.8 Å². The van der Waals surface area contributed by atoms with E-state index in [4.69, 9.17) is 23.7 Å². The van der Waals surface area contributed by atoms with E-state index in [-0.39, 0.29) is 31.3 Å². The van der Waals surface area contributed by atoms with Crippen LogP contribution in [0.25, 0.3) is 0 Å². The molecule has 4 aliphatic rings. The van der Waals surface area contributed by atoms with Crippen molar-refractivity contribution >= 4 is 0 Å². The summed E-state index contributed by atoms with van der Waals surface area (Å²) in [4.78, 5) is 2.22. The lowest BCUT2D eigenvalue weighted by molar-refractivity contribution is -0.191. The van der Waals surface area contributed by atoms with Crippen LogP contribution in [0, 0.1) is 0 Å². The van der Waals surface area contributed by atoms with Gasteiger partial charge in [0.1, 0.15) is 6.10 Å². The van der Waals surface area contributed by atoms with Crippen molar-refractivity contribution in [2.45, 2.75) is 37.1 Å². The van der Waals surface area contributed by atoms with Crippen LogP contribution in [0.5, 0.6) is 11.5 Å². The van der Waals surface area contributed by atoms with Gasteiger partial charge in [0, 0.05) is 19.6 Å². The molecule has 4 aliphatic heterocycles. The molecular weight excluding hydrogens is 340 g/mol. The Hall–Kier alpha value is -1.42. The van der Waals surface area contributed by atoms with E-state index in [0.717, 1.165) is 30.2 Å². The fraction of sp³-hybridized carbons (Fsp3) is 0.667. The number of aliphatic hydroxyl groups excluding tert-OH is 1. The standard InChI is InChI=1S/C18H24N2O6/c21-17-15(19-8-11-1-2-12-13(7-11)25-10-24-12)14-9-23-18(26-14)16(17)20-3-5-22-6-4-20/h1-2,7,14-19,21H,3-6,8-10H2/t14-,15-,16+,17-,18+/m0/s1. The summed E-state index contributed by atoms with van der Waals surface area (Å²) >= 11 is 0. The third-order valence-electron chi connectivity index (χ3n) is 5.58. The molecule has 0 aliphatic carbocycles. The van der Waals surface area contributed by atoms with Crippen LogP contribution in [0.3, 0.4) is 0 Å². The lowest BCUT2D eigenvalue weighted by Gasteiger charge is -2.45. The Morgan fingerprint density at radius 2 is 2.00 bits per heavy atom. The van der Waals surface area contributed by atoms with Crippen molar-refractivity contribution in [2.75, 3.05) is 39.7 Å². The Labute approximate surface area is 151 Å². The summed E-state index contributed by atoms with van der Waals surface area (Å²) in [7, 11) is 0. The second kappa shape index (κ2) is 6.95. The molecule has 0 unspecified atom stereocenters. The third-order valence-corrected chi connectivity index (χ3v) is 5.58. The minimum absolute atomic E-state index is 0.138. The van der Waals surface area contributed by atoms with Crippen LogP contribution in [-0.4, -0.2) is 80.3 Å². The van der Waals surface area contributed by atoms with Gasteiger partial charge in [0.15, 0.2) is 17.8 Å². The van der Waals surface area contributed by atoms with Gasteiger partial charge in [-0.1, -0.05) is 6.07 Å². The summed E-state index contributed by atoms with van der Waals surface area (Å²) in [5.41, 5.74) is 1.07. The third kappa shape index (κ3) is 2.96. The Bertz CT molecular complexity index is 653. The van der Waals surface area contributed by atoms with E-state index >= 15 is 0 Å². The van der Waals surface area contributed by atoms with Crippen LogP contribution in [-0.2, 0) is 20.8 Å². The zero-order chi connectivity index (χ0) is 17.5. The number of ether oxygens (including phenoxy) is 5. The molecule has 0 spiro atoms. The number of hydrogen-bond donors (Lipinski definition) is 2. The van der Waals surface area contributed by atoms with Gasteiger partial charge < -0.3 is 34.1 Å². The van der Waals surface area contributed by atoms with Crippen LogP contribution >= 0.6 is 0 Å². The van der Waals surface area contributed by atoms with Crippen molar-refractivity contribution in [1.82, 2.24) is 10.2 Å². The second-order valence-corrected chi connectivity index (χ2v) is 7.10. The van der Waals surface area contributed by atoms with Crippen LogP contribution in [0.15, 0.2) is 18.2 Å². The predicted octanol–water partition coefficient (Wildman–Crippen LogP) is -0.310. The van der Waals surface area contributed by atoms with Gasteiger partial charge in [0.25, 0.3) is 0 Å². The van der Waals surface area contributed by atoms with Gasteiger partial charge in [-0.25, -0.2) is 0 Å². The summed E-state index contributed by atoms with van der Waals surface area (Å²) in [5.74, 6) is 1.54. The first-order valence-corrected chi connectivity index (χ1v) is 9.18. The molecule has 3 saturated heterocycles. The fourth-order valence-electron chi connectivity index (χ4n) is 4.20. The number of benzene rings is 1. The largest absolute Gasteiger partial charge is 0.454 e. The van der Waals surface area contributed by atoms with Gasteiger partial charge in [0.05, 0.1) is 38.0 Å². The van der Waals surface area contributed by atoms with Crippen LogP contribution in [0.2, 0.25) is 0 Å². The average molecular weight is 364 g/mol. The summed E-state index contributed by atoms with van der Waals surface area (Å²) in [6.45, 7) is 4.29. The lowest BCUT2D eigenvalue weighted by atomic mass is 9.94. The van der Waals surface area contributed by atoms with E-state index in [1.54, 1.807) is 0 Å². The van der Waals surface area contributed by atoms with Crippen LogP contribution in [0.1, 0.15) is 5.56 Å². The van der Waals surface area contributed by atoms with Gasteiger partial charge in [-0.3, -0.25) is 4.90 Å². The number of fused-ring (bicyclic) bond motifs is 3. The second-order valence-electron chi connectivity index (χ2n) is 7.10. The maximum absolute atomic E-state index is 11.0. The predicted molar refractivity (Wildman–Crippen MR) is 90.0 cm³/mol. The first-order valence-electron chi connectivity index (χ1n) is 9.18. The highest BCUT2D eigenvalue weighted by Gasteiger charge is 2.52. The number of morpholine rings is 1. The van der Waals surface area contributed by atoms with E-state index in [0.29, 0.717) is 26.4 Å². The highest BCUT2D eigenvalue weighted by Crippen LogP contribution is 2.34. The Morgan fingerprint density at radius 3 is 2.88 bits per heavy atom. The average Bonchev–Trinajstić information content (AvgIpc) is 3.30. The minimum Gasteiger partial charge on any atom is -0.454 e. The molecule has 142 valence electrons. The Balaban J connectivity index is 1.28. The van der Waals surface area contributed by atoms with Crippen molar-refractivity contribution in [3.05, 3.63) is 23.8 Å². The Morgan fingerprint density at radius 1 is 1.15 bits per heavy atom. The summed E-state index contributed by atoms with van der Waals surface area (Å²) < 4.78 is 28.1. The monoisotopic (exact) mass is 364 g/mol. The molecule has 8 nitrogen and oxygen atoms in total. The summed E-state index contributed by atoms with van der Waals surface area (Å²) in [6, 6.07) is 5.53. The highest BCUT2D eigenvalue weighted by atomic mass is 16.7. The first kappa shape index (κ1) is 16.7. The molecule has 8 heteroatoms. The number of rotatable bonds is 4. The molecule has 5 atom stereocenters. The molecule has 2 bridgehead atoms. The smallest absolute Gasteiger partial charge is 0.231 e. The number of hydrogen-bond acceptors (Lipinski definition) is 8. The molecule has 0 aromatic heterocycles. The number of aliphatic hydroxyl groups is 1. The van der Waals surface area contributed by atoms with Crippen molar-refractivity contribution in [1.29, 1.82) is 0 Å². The molecule has 0 saturated carbocycles. The Kier molecular flexibility index (Phi) is 4.48. The normalized spacial score (nSPS) is 36.4. The highest BCUT2D eigenvalue weighted by molar-refractivity contribution is 5.44. The first-order chi connectivity index (χ1) is 12.8. The molecule has 3 fully saturated rings. The van der Waals surface area contributed by atoms with Crippen molar-refractivity contribution < 1.29 is 28.8 Å². The topological polar surface area (TPSA) is 81.7 Å². The molecule has 26 heavy (non-hydrogen) atoms. The zero-order valence-corrected chi connectivity index (χ0v) is 14.5. The van der Waals surface area contributed by atoms with E-state index in [2.05, 4.69) is 10.2 Å². The maximum Gasteiger partial charge on any atom is 0.231 e. The van der Waals surface area contributed by atoms with Gasteiger partial charge in [-0.05, 0) is 17.7 Å². The molecular formula is C18H24N2O6. The fourth-order valence-corrected chi connectivity index (χ4v) is 4.20. The lowest BCUT2D eigenvalue weighted by Crippen LogP contribution is -2.65. The van der Waals surface area contributed by atoms with E-state index in [1.807, 2.05) is 18.2 Å². The molecule has 1 aromatic rings. The molecule has 5 rings (SSSR count). The van der Waals surface area contributed by atoms with Gasteiger partial charge in [-0.15, -0.1) is 0 Å². The van der Waals surface area contributed by atoms with E-state index < -0.39 is 6.10 Å². The summed E-state index contributed by atoms with van der Waals surface area (Å²) in [6.07, 6.45) is -1.06. The van der Waals surface area contributed by atoms with Gasteiger partial charge in [-0.2, -0.15) is 0 Å². The van der Waals surface area contributed by atoms with Gasteiger partial charge in [0.2, 0.25) is 6.79 Å². The quantitative estimate of drug-likeness (QED) is 0.753. The number of nitrogens with one attached hydrogen (secondary N) is 1. The van der Waals surface area contributed by atoms with Crippen LogP contribution in [0.4, 0.5) is 0 Å². The van der Waals surface area contributed by atoms with Crippen molar-refractivity contribution in [3.8, 4) is 11.5 Å². The molecule has 2 N–H and O–H groups in total. The minimum atomic E-state index is -0.562. The summed E-state index contributed by atoms with van der Waals surface area (Å²) in [5, 5.41) is 14.5. The van der Waals surface area contributed by atoms with E-state index in [1.165, 1.54) is 0 Å². The van der Waals surface area contributed by atoms with Crippen molar-refractivity contribution in [3.63, 3.8) is 0 Å². The molecule has 4 heterocycles. The van der Waals surface area contributed by atoms with E-state index in [9.17, 15) is 5.11 Å². The zero-order valence-electron chi connectivity index (χ0n) is 14.5. The molecule has 0 amide bonds.